The first-order chi connectivity index (χ1) is 8.24. The van der Waals surface area contributed by atoms with Crippen molar-refractivity contribution in [1.29, 1.82) is 0 Å². The van der Waals surface area contributed by atoms with Gasteiger partial charge < -0.3 is 10.4 Å². The summed E-state index contributed by atoms with van der Waals surface area (Å²) in [7, 11) is 0. The van der Waals surface area contributed by atoms with Crippen LogP contribution in [0.15, 0.2) is 24.3 Å². The minimum absolute atomic E-state index is 0.181. The fourth-order valence-corrected chi connectivity index (χ4v) is 1.80. The summed E-state index contributed by atoms with van der Waals surface area (Å²) in [4.78, 5) is 0. The fraction of sp³-hybridized carbons (Fsp3) is 0.571. The summed E-state index contributed by atoms with van der Waals surface area (Å²) in [6.45, 7) is 3.26. The Hall–Kier alpha value is -0.930. The maximum atomic E-state index is 13.0. The van der Waals surface area contributed by atoms with E-state index in [1.165, 1.54) is 6.07 Å². The molecule has 0 aliphatic carbocycles. The highest BCUT2D eigenvalue weighted by molar-refractivity contribution is 5.19. The minimum Gasteiger partial charge on any atom is -0.396 e. The second kappa shape index (κ2) is 8.20. The van der Waals surface area contributed by atoms with Crippen molar-refractivity contribution in [1.82, 2.24) is 5.32 Å². The smallest absolute Gasteiger partial charge is 0.123 e. The zero-order chi connectivity index (χ0) is 12.5. The molecule has 0 saturated heterocycles. The third-order valence-electron chi connectivity index (χ3n) is 2.88. The zero-order valence-corrected chi connectivity index (χ0v) is 10.5. The van der Waals surface area contributed by atoms with Gasteiger partial charge in [-0.2, -0.15) is 0 Å². The normalized spacial score (nSPS) is 12.6. The number of halogens is 1. The molecule has 1 aromatic carbocycles. The van der Waals surface area contributed by atoms with E-state index in [2.05, 4.69) is 5.32 Å². The van der Waals surface area contributed by atoms with Gasteiger partial charge in [-0.15, -0.1) is 0 Å². The Morgan fingerprint density at radius 3 is 2.71 bits per heavy atom. The van der Waals surface area contributed by atoms with Crippen LogP contribution < -0.4 is 5.32 Å². The summed E-state index contributed by atoms with van der Waals surface area (Å²) in [6, 6.07) is 6.90. The summed E-state index contributed by atoms with van der Waals surface area (Å²) in [6.07, 6.45) is 4.19. The number of hydrogen-bond acceptors (Lipinski definition) is 2. The second-order valence-corrected chi connectivity index (χ2v) is 4.37. The topological polar surface area (TPSA) is 32.3 Å². The van der Waals surface area contributed by atoms with Gasteiger partial charge in [0, 0.05) is 12.6 Å². The predicted molar refractivity (Wildman–Crippen MR) is 68.4 cm³/mol. The maximum absolute atomic E-state index is 13.0. The summed E-state index contributed by atoms with van der Waals surface area (Å²) in [5, 5.41) is 12.0. The van der Waals surface area contributed by atoms with Gasteiger partial charge in [0.25, 0.3) is 0 Å². The van der Waals surface area contributed by atoms with Crippen LogP contribution >= 0.6 is 0 Å². The first-order valence-corrected chi connectivity index (χ1v) is 6.33. The molecule has 1 aromatic rings. The van der Waals surface area contributed by atoms with Gasteiger partial charge in [-0.3, -0.25) is 0 Å². The van der Waals surface area contributed by atoms with Crippen LogP contribution in [-0.4, -0.2) is 18.3 Å². The molecule has 1 atom stereocenters. The number of unbranched alkanes of at least 4 members (excludes halogenated alkanes) is 3. The van der Waals surface area contributed by atoms with Crippen LogP contribution in [-0.2, 0) is 0 Å². The molecule has 0 spiro atoms. The van der Waals surface area contributed by atoms with E-state index < -0.39 is 0 Å². The van der Waals surface area contributed by atoms with Crippen molar-refractivity contribution in [2.24, 2.45) is 0 Å². The molecule has 0 amide bonds. The van der Waals surface area contributed by atoms with E-state index in [1.807, 2.05) is 13.0 Å². The van der Waals surface area contributed by atoms with E-state index in [0.29, 0.717) is 0 Å². The van der Waals surface area contributed by atoms with Gasteiger partial charge >= 0.3 is 0 Å². The molecule has 0 heterocycles. The average molecular weight is 239 g/mol. The van der Waals surface area contributed by atoms with E-state index in [-0.39, 0.29) is 18.5 Å². The Morgan fingerprint density at radius 1 is 1.24 bits per heavy atom. The van der Waals surface area contributed by atoms with Crippen molar-refractivity contribution in [3.8, 4) is 0 Å². The summed E-state index contributed by atoms with van der Waals surface area (Å²) in [5.41, 5.74) is 0.986. The van der Waals surface area contributed by atoms with Crippen molar-refractivity contribution in [2.75, 3.05) is 13.2 Å². The molecule has 0 aliphatic heterocycles. The third kappa shape index (κ3) is 5.80. The number of hydrogen-bond donors (Lipinski definition) is 2. The van der Waals surface area contributed by atoms with Gasteiger partial charge in [-0.1, -0.05) is 25.0 Å². The largest absolute Gasteiger partial charge is 0.396 e. The van der Waals surface area contributed by atoms with Gasteiger partial charge in [0.15, 0.2) is 0 Å². The molecular weight excluding hydrogens is 217 g/mol. The lowest BCUT2D eigenvalue weighted by Crippen LogP contribution is -2.19. The molecule has 0 aromatic heterocycles. The lowest BCUT2D eigenvalue weighted by Gasteiger charge is -2.14. The third-order valence-corrected chi connectivity index (χ3v) is 2.88. The molecule has 0 aliphatic rings. The predicted octanol–water partition coefficient (Wildman–Crippen LogP) is 3.03. The molecule has 0 radical (unpaired) electrons. The molecule has 0 unspecified atom stereocenters. The van der Waals surface area contributed by atoms with E-state index >= 15 is 0 Å². The first-order valence-electron chi connectivity index (χ1n) is 6.33. The molecule has 17 heavy (non-hydrogen) atoms. The highest BCUT2D eigenvalue weighted by Crippen LogP contribution is 2.13. The standard InChI is InChI=1S/C14H22FNO/c1-12(13-7-6-8-14(15)11-13)16-9-4-2-3-5-10-17/h6-8,11-12,16-17H,2-5,9-10H2,1H3/t12-/m0/s1. The number of nitrogens with one attached hydrogen (secondary N) is 1. The van der Waals surface area contributed by atoms with Crippen LogP contribution in [0.2, 0.25) is 0 Å². The van der Waals surface area contributed by atoms with Gasteiger partial charge in [0.05, 0.1) is 0 Å². The summed E-state index contributed by atoms with van der Waals surface area (Å²) >= 11 is 0. The number of aliphatic hydroxyl groups is 1. The molecule has 0 saturated carbocycles. The zero-order valence-electron chi connectivity index (χ0n) is 10.5. The Labute approximate surface area is 103 Å². The van der Waals surface area contributed by atoms with E-state index in [0.717, 1.165) is 37.8 Å². The first kappa shape index (κ1) is 14.1. The van der Waals surface area contributed by atoms with Crippen LogP contribution in [0.3, 0.4) is 0 Å². The Bertz CT molecular complexity index is 317. The van der Waals surface area contributed by atoms with Crippen LogP contribution in [0.25, 0.3) is 0 Å². The highest BCUT2D eigenvalue weighted by atomic mass is 19.1. The van der Waals surface area contributed by atoms with Gasteiger partial charge in [0.1, 0.15) is 5.82 Å². The van der Waals surface area contributed by atoms with Crippen molar-refractivity contribution in [2.45, 2.75) is 38.6 Å². The Balaban J connectivity index is 2.19. The lowest BCUT2D eigenvalue weighted by atomic mass is 10.1. The van der Waals surface area contributed by atoms with Crippen molar-refractivity contribution in [3.63, 3.8) is 0 Å². The average Bonchev–Trinajstić information content (AvgIpc) is 2.33. The van der Waals surface area contributed by atoms with Crippen LogP contribution in [0, 0.1) is 5.82 Å². The van der Waals surface area contributed by atoms with Gasteiger partial charge in [-0.25, -0.2) is 4.39 Å². The van der Waals surface area contributed by atoms with Gasteiger partial charge in [0.2, 0.25) is 0 Å². The summed E-state index contributed by atoms with van der Waals surface area (Å²) in [5.74, 6) is -0.181. The number of rotatable bonds is 8. The molecule has 2 N–H and O–H groups in total. The molecule has 1 rings (SSSR count). The Kier molecular flexibility index (Phi) is 6.82. The lowest BCUT2D eigenvalue weighted by molar-refractivity contribution is 0.282. The maximum Gasteiger partial charge on any atom is 0.123 e. The molecule has 0 bridgehead atoms. The quantitative estimate of drug-likeness (QED) is 0.683. The van der Waals surface area contributed by atoms with Crippen LogP contribution in [0.1, 0.15) is 44.2 Å². The molecule has 0 fully saturated rings. The molecule has 3 heteroatoms. The number of benzene rings is 1. The van der Waals surface area contributed by atoms with E-state index in [4.69, 9.17) is 5.11 Å². The van der Waals surface area contributed by atoms with Crippen molar-refractivity contribution >= 4 is 0 Å². The Morgan fingerprint density at radius 2 is 2.00 bits per heavy atom. The summed E-state index contributed by atoms with van der Waals surface area (Å²) < 4.78 is 13.0. The molecular formula is C14H22FNO. The van der Waals surface area contributed by atoms with E-state index in [1.54, 1.807) is 12.1 Å². The monoisotopic (exact) mass is 239 g/mol. The highest BCUT2D eigenvalue weighted by Gasteiger charge is 2.04. The molecule has 2 nitrogen and oxygen atoms in total. The fourth-order valence-electron chi connectivity index (χ4n) is 1.80. The van der Waals surface area contributed by atoms with Crippen molar-refractivity contribution < 1.29 is 9.50 Å². The van der Waals surface area contributed by atoms with Crippen LogP contribution in [0.4, 0.5) is 4.39 Å². The minimum atomic E-state index is -0.181. The van der Waals surface area contributed by atoms with Crippen LogP contribution in [0.5, 0.6) is 0 Å². The van der Waals surface area contributed by atoms with Crippen molar-refractivity contribution in [3.05, 3.63) is 35.6 Å². The SMILES string of the molecule is C[C@H](NCCCCCCO)c1cccc(F)c1. The number of aliphatic hydroxyl groups excluding tert-OH is 1. The van der Waals surface area contributed by atoms with Gasteiger partial charge in [-0.05, 0) is 44.0 Å². The van der Waals surface area contributed by atoms with E-state index in [9.17, 15) is 4.39 Å². The second-order valence-electron chi connectivity index (χ2n) is 4.37. The molecule has 96 valence electrons.